The van der Waals surface area contributed by atoms with Gasteiger partial charge in [0.05, 0.1) is 0 Å². The molecule has 0 aliphatic heterocycles. The molecule has 0 radical (unpaired) electrons. The van der Waals surface area contributed by atoms with Crippen LogP contribution < -0.4 is 0 Å². The number of rotatable bonds is 3. The first-order chi connectivity index (χ1) is 4.66. The van der Waals surface area contributed by atoms with Crippen LogP contribution >= 0.6 is 0 Å². The lowest BCUT2D eigenvalue weighted by molar-refractivity contribution is 0.678. The predicted octanol–water partition coefficient (Wildman–Crippen LogP) is 3.00. The first-order valence-electron chi connectivity index (χ1n) is 3.76. The Balaban J connectivity index is 3.39. The minimum Gasteiger partial charge on any atom is -0.120 e. The standard InChI is InChI=1S/C10H16/c1-5-10(4)8-6-7-9(2)3/h1,7,10H,6,8H2,2-4H3. The summed E-state index contributed by atoms with van der Waals surface area (Å²) in [6.07, 6.45) is 9.68. The number of hydrogen-bond acceptors (Lipinski definition) is 0. The zero-order valence-electron chi connectivity index (χ0n) is 7.15. The van der Waals surface area contributed by atoms with Crippen LogP contribution in [0.5, 0.6) is 0 Å². The van der Waals surface area contributed by atoms with Crippen molar-refractivity contribution < 1.29 is 0 Å². The van der Waals surface area contributed by atoms with E-state index in [0.29, 0.717) is 5.92 Å². The second kappa shape index (κ2) is 5.11. The molecule has 0 N–H and O–H groups in total. The molecule has 0 saturated heterocycles. The van der Waals surface area contributed by atoms with Gasteiger partial charge in [-0.2, -0.15) is 0 Å². The van der Waals surface area contributed by atoms with Gasteiger partial charge in [0.15, 0.2) is 0 Å². The quantitative estimate of drug-likeness (QED) is 0.413. The van der Waals surface area contributed by atoms with Gasteiger partial charge in [-0.25, -0.2) is 0 Å². The van der Waals surface area contributed by atoms with E-state index in [-0.39, 0.29) is 0 Å². The van der Waals surface area contributed by atoms with Crippen molar-refractivity contribution in [2.45, 2.75) is 33.6 Å². The van der Waals surface area contributed by atoms with Crippen molar-refractivity contribution in [1.82, 2.24) is 0 Å². The van der Waals surface area contributed by atoms with Crippen molar-refractivity contribution in [1.29, 1.82) is 0 Å². The van der Waals surface area contributed by atoms with E-state index in [1.54, 1.807) is 0 Å². The Bertz CT molecular complexity index is 142. The van der Waals surface area contributed by atoms with Crippen molar-refractivity contribution in [3.8, 4) is 12.3 Å². The Morgan fingerprint density at radius 2 is 2.20 bits per heavy atom. The maximum absolute atomic E-state index is 5.22. The van der Waals surface area contributed by atoms with Crippen molar-refractivity contribution >= 4 is 0 Å². The van der Waals surface area contributed by atoms with E-state index < -0.39 is 0 Å². The Hall–Kier alpha value is -0.700. The lowest BCUT2D eigenvalue weighted by atomic mass is 10.1. The van der Waals surface area contributed by atoms with Crippen molar-refractivity contribution in [2.75, 3.05) is 0 Å². The second-order valence-electron chi connectivity index (χ2n) is 2.93. The van der Waals surface area contributed by atoms with Crippen LogP contribution in [0.25, 0.3) is 0 Å². The summed E-state index contributed by atoms with van der Waals surface area (Å²) in [6.45, 7) is 6.31. The average molecular weight is 136 g/mol. The van der Waals surface area contributed by atoms with E-state index >= 15 is 0 Å². The van der Waals surface area contributed by atoms with Gasteiger partial charge in [0.2, 0.25) is 0 Å². The topological polar surface area (TPSA) is 0 Å². The lowest BCUT2D eigenvalue weighted by Gasteiger charge is -1.98. The Morgan fingerprint density at radius 3 is 2.60 bits per heavy atom. The largest absolute Gasteiger partial charge is 0.120 e. The van der Waals surface area contributed by atoms with E-state index in [2.05, 4.69) is 32.8 Å². The summed E-state index contributed by atoms with van der Waals surface area (Å²) in [5, 5.41) is 0. The first kappa shape index (κ1) is 9.30. The summed E-state index contributed by atoms with van der Waals surface area (Å²) >= 11 is 0. The highest BCUT2D eigenvalue weighted by Gasteiger charge is 1.92. The highest BCUT2D eigenvalue weighted by Crippen LogP contribution is 2.05. The maximum atomic E-state index is 5.22. The molecule has 0 amide bonds. The van der Waals surface area contributed by atoms with Crippen LogP contribution in [0.4, 0.5) is 0 Å². The van der Waals surface area contributed by atoms with Crippen LogP contribution in [0.2, 0.25) is 0 Å². The van der Waals surface area contributed by atoms with Crippen LogP contribution in [0.1, 0.15) is 33.6 Å². The molecule has 0 aliphatic rings. The van der Waals surface area contributed by atoms with E-state index in [1.165, 1.54) is 5.57 Å². The van der Waals surface area contributed by atoms with E-state index in [1.807, 2.05) is 0 Å². The van der Waals surface area contributed by atoms with Gasteiger partial charge in [-0.3, -0.25) is 0 Å². The molecule has 0 heterocycles. The van der Waals surface area contributed by atoms with Gasteiger partial charge in [-0.1, -0.05) is 18.6 Å². The fourth-order valence-corrected chi connectivity index (χ4v) is 0.705. The van der Waals surface area contributed by atoms with Crippen LogP contribution in [-0.4, -0.2) is 0 Å². The molecule has 0 aliphatic carbocycles. The highest BCUT2D eigenvalue weighted by molar-refractivity contribution is 4.96. The molecule has 1 unspecified atom stereocenters. The van der Waals surface area contributed by atoms with Gasteiger partial charge in [0, 0.05) is 5.92 Å². The molecule has 0 aromatic heterocycles. The van der Waals surface area contributed by atoms with Crippen molar-refractivity contribution in [2.24, 2.45) is 5.92 Å². The summed E-state index contributed by atoms with van der Waals surface area (Å²) in [5.41, 5.74) is 1.38. The van der Waals surface area contributed by atoms with Gasteiger partial charge < -0.3 is 0 Å². The van der Waals surface area contributed by atoms with Crippen molar-refractivity contribution in [3.05, 3.63) is 11.6 Å². The third kappa shape index (κ3) is 5.44. The first-order valence-corrected chi connectivity index (χ1v) is 3.76. The molecular weight excluding hydrogens is 120 g/mol. The molecule has 0 fully saturated rings. The zero-order valence-corrected chi connectivity index (χ0v) is 7.15. The molecule has 0 rings (SSSR count). The van der Waals surface area contributed by atoms with Gasteiger partial charge in [-0.15, -0.1) is 12.3 Å². The molecule has 0 saturated carbocycles. The summed E-state index contributed by atoms with van der Waals surface area (Å²) in [5.74, 6) is 3.14. The fraction of sp³-hybridized carbons (Fsp3) is 0.600. The minimum atomic E-state index is 0.426. The Kier molecular flexibility index (Phi) is 4.76. The van der Waals surface area contributed by atoms with Gasteiger partial charge in [-0.05, 0) is 26.7 Å². The number of terminal acetylenes is 1. The Morgan fingerprint density at radius 1 is 1.60 bits per heavy atom. The van der Waals surface area contributed by atoms with E-state index in [0.717, 1.165) is 12.8 Å². The summed E-state index contributed by atoms with van der Waals surface area (Å²) in [7, 11) is 0. The molecule has 0 bridgehead atoms. The van der Waals surface area contributed by atoms with Gasteiger partial charge >= 0.3 is 0 Å². The van der Waals surface area contributed by atoms with Gasteiger partial charge in [0.1, 0.15) is 0 Å². The normalized spacial score (nSPS) is 11.8. The minimum absolute atomic E-state index is 0.426. The smallest absolute Gasteiger partial charge is 0.0174 e. The molecule has 10 heavy (non-hydrogen) atoms. The molecule has 0 heteroatoms. The predicted molar refractivity (Wildman–Crippen MR) is 46.7 cm³/mol. The van der Waals surface area contributed by atoms with Crippen LogP contribution in [0.15, 0.2) is 11.6 Å². The summed E-state index contributed by atoms with van der Waals surface area (Å²) in [6, 6.07) is 0. The highest BCUT2D eigenvalue weighted by atomic mass is 14.0. The molecule has 0 nitrogen and oxygen atoms in total. The molecule has 0 aromatic rings. The maximum Gasteiger partial charge on any atom is 0.0174 e. The summed E-state index contributed by atoms with van der Waals surface area (Å²) < 4.78 is 0. The van der Waals surface area contributed by atoms with E-state index in [9.17, 15) is 0 Å². The summed E-state index contributed by atoms with van der Waals surface area (Å²) in [4.78, 5) is 0. The van der Waals surface area contributed by atoms with Crippen LogP contribution in [0, 0.1) is 18.3 Å². The monoisotopic (exact) mass is 136 g/mol. The number of allylic oxidation sites excluding steroid dienone is 2. The number of hydrogen-bond donors (Lipinski definition) is 0. The SMILES string of the molecule is C#CC(C)CCC=C(C)C. The van der Waals surface area contributed by atoms with Gasteiger partial charge in [0.25, 0.3) is 0 Å². The third-order valence-electron chi connectivity index (χ3n) is 1.44. The Labute approximate surface area is 64.3 Å². The average Bonchev–Trinajstić information content (AvgIpc) is 1.87. The molecular formula is C10H16. The van der Waals surface area contributed by atoms with Crippen LogP contribution in [-0.2, 0) is 0 Å². The fourth-order valence-electron chi connectivity index (χ4n) is 0.705. The molecule has 0 spiro atoms. The molecule has 0 aromatic carbocycles. The third-order valence-corrected chi connectivity index (χ3v) is 1.44. The lowest BCUT2D eigenvalue weighted by Crippen LogP contribution is -1.87. The second-order valence-corrected chi connectivity index (χ2v) is 2.93. The van der Waals surface area contributed by atoms with Crippen molar-refractivity contribution in [3.63, 3.8) is 0 Å². The zero-order chi connectivity index (χ0) is 7.98. The van der Waals surface area contributed by atoms with E-state index in [4.69, 9.17) is 6.42 Å². The molecule has 56 valence electrons. The van der Waals surface area contributed by atoms with Crippen LogP contribution in [0.3, 0.4) is 0 Å². The molecule has 1 atom stereocenters.